The van der Waals surface area contributed by atoms with E-state index in [0.29, 0.717) is 12.2 Å². The zero-order chi connectivity index (χ0) is 13.8. The number of phenols is 1. The fourth-order valence-corrected chi connectivity index (χ4v) is 1.93. The van der Waals surface area contributed by atoms with Crippen LogP contribution in [0.2, 0.25) is 0 Å². The molecule has 0 fully saturated rings. The van der Waals surface area contributed by atoms with Crippen LogP contribution < -0.4 is 0 Å². The van der Waals surface area contributed by atoms with Gasteiger partial charge < -0.3 is 10.0 Å². The SMILES string of the molecule is CN(Cc1cccc(O)c1)C(=O)c1ccc(Br)cn1. The topological polar surface area (TPSA) is 53.4 Å². The summed E-state index contributed by atoms with van der Waals surface area (Å²) in [5, 5.41) is 9.39. The van der Waals surface area contributed by atoms with Gasteiger partial charge in [0.25, 0.3) is 5.91 Å². The largest absolute Gasteiger partial charge is 0.508 e. The molecule has 1 N–H and O–H groups in total. The predicted molar refractivity (Wildman–Crippen MR) is 75.8 cm³/mol. The molecule has 1 aromatic carbocycles. The Hall–Kier alpha value is -1.88. The van der Waals surface area contributed by atoms with E-state index in [2.05, 4.69) is 20.9 Å². The fourth-order valence-electron chi connectivity index (χ4n) is 1.70. The van der Waals surface area contributed by atoms with Crippen LogP contribution in [-0.4, -0.2) is 27.9 Å². The molecule has 0 spiro atoms. The lowest BCUT2D eigenvalue weighted by atomic mass is 10.2. The molecule has 2 aromatic rings. The summed E-state index contributed by atoms with van der Waals surface area (Å²) in [6.07, 6.45) is 1.59. The molecule has 1 amide bonds. The van der Waals surface area contributed by atoms with Crippen molar-refractivity contribution in [1.29, 1.82) is 0 Å². The Bertz CT molecular complexity index is 584. The molecule has 0 aliphatic rings. The molecule has 2 rings (SSSR count). The maximum Gasteiger partial charge on any atom is 0.272 e. The second-order valence-corrected chi connectivity index (χ2v) is 5.11. The van der Waals surface area contributed by atoms with E-state index in [4.69, 9.17) is 0 Å². The van der Waals surface area contributed by atoms with Crippen molar-refractivity contribution in [2.45, 2.75) is 6.54 Å². The van der Waals surface area contributed by atoms with E-state index in [1.807, 2.05) is 6.07 Å². The molecule has 1 aromatic heterocycles. The molecule has 1 heterocycles. The number of hydrogen-bond donors (Lipinski definition) is 1. The van der Waals surface area contributed by atoms with Gasteiger partial charge in [-0.05, 0) is 45.8 Å². The average molecular weight is 321 g/mol. The highest BCUT2D eigenvalue weighted by molar-refractivity contribution is 9.10. The van der Waals surface area contributed by atoms with E-state index in [1.165, 1.54) is 0 Å². The first-order valence-corrected chi connectivity index (χ1v) is 6.50. The number of aromatic hydroxyl groups is 1. The lowest BCUT2D eigenvalue weighted by molar-refractivity contribution is 0.0779. The van der Waals surface area contributed by atoms with Crippen molar-refractivity contribution in [3.63, 3.8) is 0 Å². The third-order valence-electron chi connectivity index (χ3n) is 2.62. The van der Waals surface area contributed by atoms with Crippen molar-refractivity contribution in [2.24, 2.45) is 0 Å². The van der Waals surface area contributed by atoms with Gasteiger partial charge in [0.1, 0.15) is 11.4 Å². The molecule has 0 saturated carbocycles. The van der Waals surface area contributed by atoms with Crippen molar-refractivity contribution in [1.82, 2.24) is 9.88 Å². The molecular formula is C14H13BrN2O2. The number of nitrogens with zero attached hydrogens (tertiary/aromatic N) is 2. The number of hydrogen-bond acceptors (Lipinski definition) is 3. The fraction of sp³-hybridized carbons (Fsp3) is 0.143. The van der Waals surface area contributed by atoms with Crippen LogP contribution in [0.25, 0.3) is 0 Å². The Labute approximate surface area is 119 Å². The molecule has 4 nitrogen and oxygen atoms in total. The van der Waals surface area contributed by atoms with Crippen LogP contribution in [0.3, 0.4) is 0 Å². The molecule has 0 aliphatic carbocycles. The van der Waals surface area contributed by atoms with E-state index in [-0.39, 0.29) is 11.7 Å². The summed E-state index contributed by atoms with van der Waals surface area (Å²) in [4.78, 5) is 17.8. The van der Waals surface area contributed by atoms with Crippen LogP contribution in [0, 0.1) is 0 Å². The molecule has 5 heteroatoms. The van der Waals surface area contributed by atoms with Crippen molar-refractivity contribution in [2.75, 3.05) is 7.05 Å². The normalized spacial score (nSPS) is 10.2. The summed E-state index contributed by atoms with van der Waals surface area (Å²) < 4.78 is 0.833. The van der Waals surface area contributed by atoms with Gasteiger partial charge in [0.2, 0.25) is 0 Å². The Morgan fingerprint density at radius 2 is 2.16 bits per heavy atom. The first-order valence-electron chi connectivity index (χ1n) is 5.71. The monoisotopic (exact) mass is 320 g/mol. The van der Waals surface area contributed by atoms with E-state index >= 15 is 0 Å². The van der Waals surface area contributed by atoms with Crippen LogP contribution in [-0.2, 0) is 6.54 Å². The van der Waals surface area contributed by atoms with Crippen molar-refractivity contribution in [3.8, 4) is 5.75 Å². The highest BCUT2D eigenvalue weighted by Crippen LogP contribution is 2.14. The molecular weight excluding hydrogens is 308 g/mol. The van der Waals surface area contributed by atoms with Gasteiger partial charge in [0, 0.05) is 24.3 Å². The van der Waals surface area contributed by atoms with E-state index in [9.17, 15) is 9.90 Å². The van der Waals surface area contributed by atoms with Crippen LogP contribution in [0.15, 0.2) is 47.1 Å². The molecule has 98 valence electrons. The standard InChI is InChI=1S/C14H13BrN2O2/c1-17(9-10-3-2-4-12(18)7-10)14(19)13-6-5-11(15)8-16-13/h2-8,18H,9H2,1H3. The molecule has 19 heavy (non-hydrogen) atoms. The number of carbonyl (C=O) groups is 1. The second kappa shape index (κ2) is 5.84. The lowest BCUT2D eigenvalue weighted by Gasteiger charge is -2.16. The number of benzene rings is 1. The molecule has 0 aliphatic heterocycles. The Morgan fingerprint density at radius 1 is 1.37 bits per heavy atom. The first kappa shape index (κ1) is 13.5. The predicted octanol–water partition coefficient (Wildman–Crippen LogP) is 2.82. The minimum atomic E-state index is -0.157. The quantitative estimate of drug-likeness (QED) is 0.946. The molecule has 0 bridgehead atoms. The van der Waals surface area contributed by atoms with E-state index < -0.39 is 0 Å². The van der Waals surface area contributed by atoms with Gasteiger partial charge in [-0.1, -0.05) is 12.1 Å². The second-order valence-electron chi connectivity index (χ2n) is 4.19. The Kier molecular flexibility index (Phi) is 4.16. The van der Waals surface area contributed by atoms with Crippen molar-refractivity contribution >= 4 is 21.8 Å². The van der Waals surface area contributed by atoms with Crippen LogP contribution in [0.4, 0.5) is 0 Å². The van der Waals surface area contributed by atoms with Gasteiger partial charge in [-0.2, -0.15) is 0 Å². The molecule has 0 unspecified atom stereocenters. The van der Waals surface area contributed by atoms with Gasteiger partial charge in [-0.25, -0.2) is 4.98 Å². The lowest BCUT2D eigenvalue weighted by Crippen LogP contribution is -2.26. The summed E-state index contributed by atoms with van der Waals surface area (Å²) >= 11 is 3.28. The average Bonchev–Trinajstić information content (AvgIpc) is 2.39. The van der Waals surface area contributed by atoms with Gasteiger partial charge in [-0.15, -0.1) is 0 Å². The number of halogens is 1. The molecule has 0 radical (unpaired) electrons. The smallest absolute Gasteiger partial charge is 0.272 e. The summed E-state index contributed by atoms with van der Waals surface area (Å²) in [6, 6.07) is 10.3. The summed E-state index contributed by atoms with van der Waals surface area (Å²) in [5.41, 5.74) is 1.26. The van der Waals surface area contributed by atoms with Gasteiger partial charge in [0.05, 0.1) is 0 Å². The van der Waals surface area contributed by atoms with Crippen LogP contribution >= 0.6 is 15.9 Å². The number of rotatable bonds is 3. The number of aromatic nitrogens is 1. The maximum absolute atomic E-state index is 12.1. The van der Waals surface area contributed by atoms with Crippen molar-refractivity contribution in [3.05, 3.63) is 58.3 Å². The number of amides is 1. The number of pyridine rings is 1. The minimum absolute atomic E-state index is 0.157. The summed E-state index contributed by atoms with van der Waals surface area (Å²) in [7, 11) is 1.70. The number of phenolic OH excluding ortho intramolecular Hbond substituents is 1. The van der Waals surface area contributed by atoms with Crippen LogP contribution in [0.1, 0.15) is 16.1 Å². The molecule has 0 atom stereocenters. The van der Waals surface area contributed by atoms with Gasteiger partial charge >= 0.3 is 0 Å². The van der Waals surface area contributed by atoms with Crippen molar-refractivity contribution < 1.29 is 9.90 Å². The van der Waals surface area contributed by atoms with E-state index in [1.54, 1.807) is 48.5 Å². The van der Waals surface area contributed by atoms with Gasteiger partial charge in [-0.3, -0.25) is 4.79 Å². The molecule has 0 saturated heterocycles. The Morgan fingerprint density at radius 3 is 2.79 bits per heavy atom. The third-order valence-corrected chi connectivity index (χ3v) is 3.09. The third kappa shape index (κ3) is 3.54. The van der Waals surface area contributed by atoms with E-state index in [0.717, 1.165) is 10.0 Å². The first-order chi connectivity index (χ1) is 9.06. The summed E-state index contributed by atoms with van der Waals surface area (Å²) in [6.45, 7) is 0.422. The minimum Gasteiger partial charge on any atom is -0.508 e. The van der Waals surface area contributed by atoms with Gasteiger partial charge in [0.15, 0.2) is 0 Å². The van der Waals surface area contributed by atoms with Crippen LogP contribution in [0.5, 0.6) is 5.75 Å². The zero-order valence-electron chi connectivity index (χ0n) is 10.4. The Balaban J connectivity index is 2.09. The number of carbonyl (C=O) groups excluding carboxylic acids is 1. The highest BCUT2D eigenvalue weighted by Gasteiger charge is 2.13. The maximum atomic E-state index is 12.1. The highest BCUT2D eigenvalue weighted by atomic mass is 79.9. The summed E-state index contributed by atoms with van der Waals surface area (Å²) in [5.74, 6) is 0.0379. The zero-order valence-corrected chi connectivity index (χ0v) is 12.0.